The molecule has 0 atom stereocenters. The van der Waals surface area contributed by atoms with Gasteiger partial charge in [0.1, 0.15) is 17.4 Å². The van der Waals surface area contributed by atoms with Gasteiger partial charge in [-0.3, -0.25) is 4.57 Å². The van der Waals surface area contributed by atoms with Crippen molar-refractivity contribution in [3.05, 3.63) is 53.6 Å². The van der Waals surface area contributed by atoms with Crippen molar-refractivity contribution >= 4 is 22.6 Å². The predicted octanol–water partition coefficient (Wildman–Crippen LogP) is 4.22. The summed E-state index contributed by atoms with van der Waals surface area (Å²) in [6, 6.07) is 10.3. The summed E-state index contributed by atoms with van der Waals surface area (Å²) in [5, 5.41) is 0. The molecule has 1 aromatic heterocycles. The summed E-state index contributed by atoms with van der Waals surface area (Å²) in [6.07, 6.45) is 0. The fraction of sp³-hybridized carbons (Fsp3) is 0.188. The first kappa shape index (κ1) is 13.9. The summed E-state index contributed by atoms with van der Waals surface area (Å²) < 4.78 is 20.5. The fourth-order valence-electron chi connectivity index (χ4n) is 2.47. The minimum absolute atomic E-state index is 0.255. The van der Waals surface area contributed by atoms with E-state index in [1.54, 1.807) is 13.2 Å². The van der Waals surface area contributed by atoms with E-state index in [1.807, 2.05) is 29.7 Å². The van der Waals surface area contributed by atoms with Crippen LogP contribution in [0.4, 0.5) is 4.39 Å². The van der Waals surface area contributed by atoms with Crippen molar-refractivity contribution in [1.29, 1.82) is 0 Å². The van der Waals surface area contributed by atoms with Gasteiger partial charge >= 0.3 is 0 Å². The van der Waals surface area contributed by atoms with Crippen LogP contribution in [0.3, 0.4) is 0 Å². The molecule has 5 heteroatoms. The average molecular weight is 305 g/mol. The number of imidazole rings is 1. The van der Waals surface area contributed by atoms with Crippen LogP contribution in [0, 0.1) is 12.7 Å². The number of aromatic nitrogens is 2. The van der Waals surface area contributed by atoms with Gasteiger partial charge in [0.25, 0.3) is 0 Å². The first-order valence-corrected chi connectivity index (χ1v) is 7.05. The second kappa shape index (κ2) is 5.37. The average Bonchev–Trinajstić information content (AvgIpc) is 2.84. The van der Waals surface area contributed by atoms with Gasteiger partial charge in [0.2, 0.25) is 0 Å². The van der Waals surface area contributed by atoms with Crippen molar-refractivity contribution in [1.82, 2.24) is 9.55 Å². The van der Waals surface area contributed by atoms with E-state index in [0.717, 1.165) is 33.9 Å². The number of benzene rings is 2. The van der Waals surface area contributed by atoms with Crippen molar-refractivity contribution in [2.45, 2.75) is 12.8 Å². The molecule has 0 bridgehead atoms. The van der Waals surface area contributed by atoms with Gasteiger partial charge in [0, 0.05) is 6.07 Å². The lowest BCUT2D eigenvalue weighted by Crippen LogP contribution is -2.01. The van der Waals surface area contributed by atoms with Crippen LogP contribution in [0.1, 0.15) is 11.4 Å². The molecule has 0 aliphatic heterocycles. The molecule has 21 heavy (non-hydrogen) atoms. The highest BCUT2D eigenvalue weighted by Crippen LogP contribution is 2.27. The Morgan fingerprint density at radius 2 is 2.05 bits per heavy atom. The summed E-state index contributed by atoms with van der Waals surface area (Å²) in [6.45, 7) is 1.87. The number of halogens is 2. The van der Waals surface area contributed by atoms with E-state index in [4.69, 9.17) is 16.3 Å². The van der Waals surface area contributed by atoms with Crippen LogP contribution in [0.25, 0.3) is 16.7 Å². The first-order valence-electron chi connectivity index (χ1n) is 6.52. The molecule has 0 spiro atoms. The van der Waals surface area contributed by atoms with Crippen molar-refractivity contribution < 1.29 is 9.13 Å². The molecule has 0 unspecified atom stereocenters. The van der Waals surface area contributed by atoms with Crippen molar-refractivity contribution in [3.8, 4) is 11.4 Å². The molecule has 3 rings (SSSR count). The third kappa shape index (κ3) is 2.36. The number of aryl methyl sites for hydroxylation is 1. The molecule has 108 valence electrons. The molecule has 2 aromatic carbocycles. The van der Waals surface area contributed by atoms with Crippen LogP contribution in [0.5, 0.6) is 5.75 Å². The van der Waals surface area contributed by atoms with Crippen LogP contribution in [-0.4, -0.2) is 16.7 Å². The van der Waals surface area contributed by atoms with E-state index in [2.05, 4.69) is 4.98 Å². The molecular weight excluding hydrogens is 291 g/mol. The standard InChI is InChI=1S/C16H14ClFN2O/c1-10-7-11(18)3-5-14(10)20-15-6-4-12(21-2)8-13(15)19-16(20)9-17/h3-8H,9H2,1-2H3. The molecule has 0 saturated heterocycles. The highest BCUT2D eigenvalue weighted by Gasteiger charge is 2.14. The van der Waals surface area contributed by atoms with Crippen LogP contribution in [0.2, 0.25) is 0 Å². The molecular formula is C16H14ClFN2O. The molecule has 0 radical (unpaired) electrons. The Morgan fingerprint density at radius 3 is 2.71 bits per heavy atom. The van der Waals surface area contributed by atoms with E-state index in [9.17, 15) is 4.39 Å². The topological polar surface area (TPSA) is 27.1 Å². The highest BCUT2D eigenvalue weighted by atomic mass is 35.5. The second-order valence-corrected chi connectivity index (χ2v) is 5.05. The van der Waals surface area contributed by atoms with E-state index >= 15 is 0 Å². The number of fused-ring (bicyclic) bond motifs is 1. The monoisotopic (exact) mass is 304 g/mol. The summed E-state index contributed by atoms with van der Waals surface area (Å²) in [4.78, 5) is 4.54. The first-order chi connectivity index (χ1) is 10.1. The van der Waals surface area contributed by atoms with Crippen molar-refractivity contribution in [3.63, 3.8) is 0 Å². The second-order valence-electron chi connectivity index (χ2n) is 4.78. The summed E-state index contributed by atoms with van der Waals surface area (Å²) in [5.74, 6) is 1.47. The van der Waals surface area contributed by atoms with Crippen molar-refractivity contribution in [2.24, 2.45) is 0 Å². The van der Waals surface area contributed by atoms with Crippen LogP contribution < -0.4 is 4.74 Å². The van der Waals surface area contributed by atoms with Crippen LogP contribution >= 0.6 is 11.6 Å². The molecule has 0 fully saturated rings. The molecule has 0 aliphatic rings. The molecule has 0 N–H and O–H groups in total. The Hall–Kier alpha value is -2.07. The smallest absolute Gasteiger partial charge is 0.129 e. The van der Waals surface area contributed by atoms with Gasteiger partial charge in [0.05, 0.1) is 29.7 Å². The number of methoxy groups -OCH3 is 1. The third-order valence-corrected chi connectivity index (χ3v) is 3.69. The van der Waals surface area contributed by atoms with Crippen molar-refractivity contribution in [2.75, 3.05) is 7.11 Å². The number of alkyl halides is 1. The van der Waals surface area contributed by atoms with Gasteiger partial charge in [-0.15, -0.1) is 11.6 Å². The van der Waals surface area contributed by atoms with Gasteiger partial charge < -0.3 is 4.74 Å². The lowest BCUT2D eigenvalue weighted by Gasteiger charge is -2.11. The Morgan fingerprint density at radius 1 is 1.24 bits per heavy atom. The number of rotatable bonds is 3. The molecule has 1 heterocycles. The maximum Gasteiger partial charge on any atom is 0.129 e. The SMILES string of the molecule is COc1ccc2c(c1)nc(CCl)n2-c1ccc(F)cc1C. The normalized spacial score (nSPS) is 11.0. The van der Waals surface area contributed by atoms with E-state index in [1.165, 1.54) is 12.1 Å². The maximum absolute atomic E-state index is 13.3. The van der Waals surface area contributed by atoms with Gasteiger partial charge in [-0.2, -0.15) is 0 Å². The molecule has 0 aliphatic carbocycles. The van der Waals surface area contributed by atoms with Gasteiger partial charge in [-0.25, -0.2) is 9.37 Å². The minimum Gasteiger partial charge on any atom is -0.497 e. The summed E-state index contributed by atoms with van der Waals surface area (Å²) in [7, 11) is 1.62. The zero-order chi connectivity index (χ0) is 15.0. The molecule has 3 aromatic rings. The Labute approximate surface area is 126 Å². The Balaban J connectivity index is 2.29. The maximum atomic E-state index is 13.3. The van der Waals surface area contributed by atoms with E-state index in [0.29, 0.717) is 0 Å². The largest absolute Gasteiger partial charge is 0.497 e. The van der Waals surface area contributed by atoms with Gasteiger partial charge in [0.15, 0.2) is 0 Å². The number of hydrogen-bond acceptors (Lipinski definition) is 2. The zero-order valence-electron chi connectivity index (χ0n) is 11.7. The highest BCUT2D eigenvalue weighted by molar-refractivity contribution is 6.17. The predicted molar refractivity (Wildman–Crippen MR) is 81.9 cm³/mol. The lowest BCUT2D eigenvalue weighted by atomic mass is 10.2. The van der Waals surface area contributed by atoms with Crippen LogP contribution in [-0.2, 0) is 5.88 Å². The molecule has 0 amide bonds. The number of hydrogen-bond donors (Lipinski definition) is 0. The van der Waals surface area contributed by atoms with E-state index in [-0.39, 0.29) is 11.7 Å². The number of ether oxygens (including phenoxy) is 1. The number of nitrogens with zero attached hydrogens (tertiary/aromatic N) is 2. The molecule has 3 nitrogen and oxygen atoms in total. The van der Waals surface area contributed by atoms with E-state index < -0.39 is 0 Å². The molecule has 0 saturated carbocycles. The third-order valence-electron chi connectivity index (χ3n) is 3.45. The minimum atomic E-state index is -0.255. The Kier molecular flexibility index (Phi) is 3.55. The van der Waals surface area contributed by atoms with Gasteiger partial charge in [-0.05, 0) is 42.8 Å². The zero-order valence-corrected chi connectivity index (χ0v) is 12.5. The fourth-order valence-corrected chi connectivity index (χ4v) is 2.64. The summed E-state index contributed by atoms with van der Waals surface area (Å²) in [5.41, 5.74) is 3.42. The Bertz CT molecular complexity index is 813. The van der Waals surface area contributed by atoms with Gasteiger partial charge in [-0.1, -0.05) is 0 Å². The van der Waals surface area contributed by atoms with Crippen LogP contribution in [0.15, 0.2) is 36.4 Å². The quantitative estimate of drug-likeness (QED) is 0.677. The lowest BCUT2D eigenvalue weighted by molar-refractivity contribution is 0.415. The summed E-state index contributed by atoms with van der Waals surface area (Å²) >= 11 is 6.02.